The summed E-state index contributed by atoms with van der Waals surface area (Å²) in [5.41, 5.74) is 2.42. The number of carbonyl (C=O) groups is 1. The van der Waals surface area contributed by atoms with Crippen LogP contribution in [-0.4, -0.2) is 51.8 Å². The smallest absolute Gasteiger partial charge is 0.410 e. The summed E-state index contributed by atoms with van der Waals surface area (Å²) in [6.07, 6.45) is -0.272. The molecule has 4 rings (SSSR count). The van der Waals surface area contributed by atoms with Gasteiger partial charge in [0, 0.05) is 35.7 Å². The molecule has 2 aromatic carbocycles. The third-order valence-corrected chi connectivity index (χ3v) is 6.10. The first-order valence-corrected chi connectivity index (χ1v) is 11.5. The number of anilines is 1. The molecule has 1 unspecified atom stereocenters. The first kappa shape index (κ1) is 22.7. The first-order valence-electron chi connectivity index (χ1n) is 10.8. The van der Waals surface area contributed by atoms with Gasteiger partial charge in [-0.1, -0.05) is 41.4 Å². The fourth-order valence-corrected chi connectivity index (χ4v) is 4.48. The number of rotatable bonds is 3. The van der Waals surface area contributed by atoms with Crippen LogP contribution in [0, 0.1) is 0 Å². The Morgan fingerprint density at radius 3 is 2.59 bits per heavy atom. The lowest BCUT2D eigenvalue weighted by Gasteiger charge is -2.40. The lowest BCUT2D eigenvalue weighted by molar-refractivity contribution is 0.0158. The van der Waals surface area contributed by atoms with E-state index in [1.54, 1.807) is 11.0 Å². The van der Waals surface area contributed by atoms with E-state index in [0.29, 0.717) is 36.2 Å². The standard InChI is InChI=1S/C24H28Cl2N4O2/c1-16-14-28(11-12-29(16)23(31)32-24(2,3)4)22-27-20-7-5-6-8-21(20)30(22)15-17-9-10-18(25)13-19(17)26/h5-10,13,16H,11-12,14-15H2,1-4H3. The molecule has 0 saturated carbocycles. The van der Waals surface area contributed by atoms with Crippen LogP contribution in [0.3, 0.4) is 0 Å². The Morgan fingerprint density at radius 2 is 1.91 bits per heavy atom. The van der Waals surface area contributed by atoms with E-state index >= 15 is 0 Å². The van der Waals surface area contributed by atoms with Gasteiger partial charge in [0.25, 0.3) is 0 Å². The molecule has 1 aliphatic rings. The van der Waals surface area contributed by atoms with Crippen LogP contribution in [-0.2, 0) is 11.3 Å². The SMILES string of the molecule is CC1CN(c2nc3ccccc3n2Cc2ccc(Cl)cc2Cl)CCN1C(=O)OC(C)(C)C. The van der Waals surface area contributed by atoms with Crippen LogP contribution in [0.25, 0.3) is 11.0 Å². The molecule has 170 valence electrons. The monoisotopic (exact) mass is 474 g/mol. The Labute approximate surface area is 198 Å². The van der Waals surface area contributed by atoms with E-state index in [9.17, 15) is 4.79 Å². The number of imidazole rings is 1. The fraction of sp³-hybridized carbons (Fsp3) is 0.417. The van der Waals surface area contributed by atoms with E-state index in [2.05, 4.69) is 15.5 Å². The molecular formula is C24H28Cl2N4O2. The minimum Gasteiger partial charge on any atom is -0.444 e. The molecule has 0 spiro atoms. The molecule has 1 saturated heterocycles. The number of halogens is 2. The van der Waals surface area contributed by atoms with Crippen molar-refractivity contribution in [1.29, 1.82) is 0 Å². The minimum absolute atomic E-state index is 0.00835. The van der Waals surface area contributed by atoms with Crippen molar-refractivity contribution < 1.29 is 9.53 Å². The second kappa shape index (κ2) is 8.83. The molecule has 2 heterocycles. The van der Waals surface area contributed by atoms with Crippen LogP contribution >= 0.6 is 23.2 Å². The van der Waals surface area contributed by atoms with Gasteiger partial charge >= 0.3 is 6.09 Å². The van der Waals surface area contributed by atoms with Crippen molar-refractivity contribution in [1.82, 2.24) is 14.5 Å². The van der Waals surface area contributed by atoms with E-state index in [4.69, 9.17) is 32.9 Å². The number of ether oxygens (including phenoxy) is 1. The predicted molar refractivity (Wildman–Crippen MR) is 130 cm³/mol. The maximum Gasteiger partial charge on any atom is 0.410 e. The largest absolute Gasteiger partial charge is 0.444 e. The number of fused-ring (bicyclic) bond motifs is 1. The van der Waals surface area contributed by atoms with Crippen molar-refractivity contribution in [3.8, 4) is 0 Å². The molecule has 1 aliphatic heterocycles. The van der Waals surface area contributed by atoms with E-state index in [1.807, 2.05) is 58.0 Å². The summed E-state index contributed by atoms with van der Waals surface area (Å²) in [5.74, 6) is 0.868. The Morgan fingerprint density at radius 1 is 1.16 bits per heavy atom. The molecule has 0 N–H and O–H groups in total. The predicted octanol–water partition coefficient (Wildman–Crippen LogP) is 5.84. The second-order valence-electron chi connectivity index (χ2n) is 9.19. The van der Waals surface area contributed by atoms with E-state index in [-0.39, 0.29) is 12.1 Å². The van der Waals surface area contributed by atoms with E-state index in [0.717, 1.165) is 22.5 Å². The van der Waals surface area contributed by atoms with Crippen molar-refractivity contribution in [2.45, 2.75) is 45.9 Å². The molecule has 0 bridgehead atoms. The molecule has 1 aromatic heterocycles. The summed E-state index contributed by atoms with van der Waals surface area (Å²) in [5, 5.41) is 1.24. The zero-order chi connectivity index (χ0) is 23.0. The van der Waals surface area contributed by atoms with Crippen molar-refractivity contribution in [3.05, 3.63) is 58.1 Å². The average Bonchev–Trinajstić information content (AvgIpc) is 3.07. The van der Waals surface area contributed by atoms with E-state index < -0.39 is 5.60 Å². The number of hydrogen-bond acceptors (Lipinski definition) is 4. The molecule has 6 nitrogen and oxygen atoms in total. The Balaban J connectivity index is 1.62. The second-order valence-corrected chi connectivity index (χ2v) is 10.0. The highest BCUT2D eigenvalue weighted by atomic mass is 35.5. The lowest BCUT2D eigenvalue weighted by Crippen LogP contribution is -2.55. The molecule has 1 amide bonds. The van der Waals surface area contributed by atoms with Gasteiger partial charge in [-0.2, -0.15) is 0 Å². The molecular weight excluding hydrogens is 447 g/mol. The van der Waals surface area contributed by atoms with Gasteiger partial charge in [0.1, 0.15) is 5.60 Å². The van der Waals surface area contributed by atoms with Gasteiger partial charge in [-0.3, -0.25) is 0 Å². The average molecular weight is 475 g/mol. The number of hydrogen-bond donors (Lipinski definition) is 0. The zero-order valence-corrected chi connectivity index (χ0v) is 20.3. The van der Waals surface area contributed by atoms with Gasteiger partial charge in [0.05, 0.1) is 17.6 Å². The number of aromatic nitrogens is 2. The highest BCUT2D eigenvalue weighted by molar-refractivity contribution is 6.35. The lowest BCUT2D eigenvalue weighted by atomic mass is 10.2. The van der Waals surface area contributed by atoms with Crippen molar-refractivity contribution in [2.24, 2.45) is 0 Å². The zero-order valence-electron chi connectivity index (χ0n) is 18.8. The van der Waals surface area contributed by atoms with Crippen molar-refractivity contribution in [3.63, 3.8) is 0 Å². The van der Waals surface area contributed by atoms with Crippen LogP contribution in [0.15, 0.2) is 42.5 Å². The summed E-state index contributed by atoms with van der Waals surface area (Å²) in [4.78, 5) is 21.6. The topological polar surface area (TPSA) is 50.6 Å². The number of piperazine rings is 1. The molecule has 1 atom stereocenters. The quantitative estimate of drug-likeness (QED) is 0.478. The summed E-state index contributed by atoms with van der Waals surface area (Å²) in [6.45, 7) is 10.2. The first-order chi connectivity index (χ1) is 15.1. The summed E-state index contributed by atoms with van der Waals surface area (Å²) in [7, 11) is 0. The van der Waals surface area contributed by atoms with Gasteiger partial charge in [-0.25, -0.2) is 9.78 Å². The number of amides is 1. The maximum absolute atomic E-state index is 12.6. The fourth-order valence-electron chi connectivity index (χ4n) is 4.01. The number of para-hydroxylation sites is 2. The number of benzene rings is 2. The van der Waals surface area contributed by atoms with E-state index in [1.165, 1.54) is 0 Å². The Bertz CT molecular complexity index is 1140. The summed E-state index contributed by atoms with van der Waals surface area (Å²) in [6, 6.07) is 13.6. The molecule has 0 radical (unpaired) electrons. The molecule has 1 fully saturated rings. The van der Waals surface area contributed by atoms with Gasteiger partial charge in [0.2, 0.25) is 5.95 Å². The maximum atomic E-state index is 12.6. The van der Waals surface area contributed by atoms with Crippen LogP contribution < -0.4 is 4.90 Å². The van der Waals surface area contributed by atoms with Crippen LogP contribution in [0.2, 0.25) is 10.0 Å². The molecule has 3 aromatic rings. The van der Waals surface area contributed by atoms with Gasteiger partial charge in [0.15, 0.2) is 0 Å². The van der Waals surface area contributed by atoms with Crippen LogP contribution in [0.4, 0.5) is 10.7 Å². The highest BCUT2D eigenvalue weighted by Gasteiger charge is 2.32. The van der Waals surface area contributed by atoms with Gasteiger partial charge in [-0.15, -0.1) is 0 Å². The normalized spacial score (nSPS) is 17.1. The van der Waals surface area contributed by atoms with Gasteiger partial charge in [-0.05, 0) is 57.5 Å². The molecule has 0 aliphatic carbocycles. The molecule has 8 heteroatoms. The molecule has 32 heavy (non-hydrogen) atoms. The third-order valence-electron chi connectivity index (χ3n) is 5.52. The third kappa shape index (κ3) is 4.81. The number of carbonyl (C=O) groups excluding carboxylic acids is 1. The summed E-state index contributed by atoms with van der Waals surface area (Å²) >= 11 is 12.6. The number of nitrogens with zero attached hydrogens (tertiary/aromatic N) is 4. The van der Waals surface area contributed by atoms with Crippen molar-refractivity contribution >= 4 is 46.3 Å². The summed E-state index contributed by atoms with van der Waals surface area (Å²) < 4.78 is 7.77. The van der Waals surface area contributed by atoms with Crippen molar-refractivity contribution in [2.75, 3.05) is 24.5 Å². The highest BCUT2D eigenvalue weighted by Crippen LogP contribution is 2.29. The van der Waals surface area contributed by atoms with Crippen LogP contribution in [0.1, 0.15) is 33.3 Å². The Kier molecular flexibility index (Phi) is 6.28. The Hall–Kier alpha value is -2.44. The minimum atomic E-state index is -0.514. The van der Waals surface area contributed by atoms with Crippen LogP contribution in [0.5, 0.6) is 0 Å². The van der Waals surface area contributed by atoms with Gasteiger partial charge < -0.3 is 19.1 Å².